The molecule has 3 heteroatoms. The van der Waals surface area contributed by atoms with E-state index in [9.17, 15) is 0 Å². The van der Waals surface area contributed by atoms with Gasteiger partial charge < -0.3 is 14.6 Å². The summed E-state index contributed by atoms with van der Waals surface area (Å²) in [6.07, 6.45) is 8.56. The summed E-state index contributed by atoms with van der Waals surface area (Å²) in [5, 5.41) is 8.69. The minimum atomic E-state index is 0.322. The largest absolute Gasteiger partial charge is 0.516 e. The Morgan fingerprint density at radius 3 is 2.72 bits per heavy atom. The second kappa shape index (κ2) is 6.34. The number of hydrogen-bond donors (Lipinski definition) is 1. The zero-order chi connectivity index (χ0) is 12.8. The van der Waals surface area contributed by atoms with E-state index in [4.69, 9.17) is 14.6 Å². The van der Waals surface area contributed by atoms with E-state index in [1.165, 1.54) is 12.8 Å². The molecule has 0 aliphatic heterocycles. The predicted molar refractivity (Wildman–Crippen MR) is 71.4 cm³/mol. The van der Waals surface area contributed by atoms with Gasteiger partial charge in [0.2, 0.25) is 0 Å². The Morgan fingerprint density at radius 2 is 2.06 bits per heavy atom. The third-order valence-electron chi connectivity index (χ3n) is 3.28. The van der Waals surface area contributed by atoms with Crippen LogP contribution in [-0.4, -0.2) is 18.3 Å². The highest BCUT2D eigenvalue weighted by Gasteiger charge is 2.18. The van der Waals surface area contributed by atoms with E-state index in [0.717, 1.165) is 36.2 Å². The molecule has 0 saturated heterocycles. The molecule has 1 aromatic rings. The van der Waals surface area contributed by atoms with Gasteiger partial charge in [-0.1, -0.05) is 6.07 Å². The number of hydrogen-bond acceptors (Lipinski definition) is 3. The number of allylic oxidation sites excluding steroid dienone is 1. The van der Waals surface area contributed by atoms with E-state index in [2.05, 4.69) is 0 Å². The smallest absolute Gasteiger partial charge is 0.161 e. The lowest BCUT2D eigenvalue weighted by Crippen LogP contribution is -2.11. The lowest BCUT2D eigenvalue weighted by Gasteiger charge is -2.16. The Balaban J connectivity index is 2.13. The molecular weight excluding hydrogens is 228 g/mol. The lowest BCUT2D eigenvalue weighted by molar-refractivity contribution is 0.200. The summed E-state index contributed by atoms with van der Waals surface area (Å²) in [7, 11) is 1.66. The van der Waals surface area contributed by atoms with Crippen LogP contribution in [0, 0.1) is 0 Å². The lowest BCUT2D eigenvalue weighted by atomic mass is 10.1. The third-order valence-corrected chi connectivity index (χ3v) is 3.28. The highest BCUT2D eigenvalue weighted by atomic mass is 16.5. The first-order valence-corrected chi connectivity index (χ1v) is 6.46. The fourth-order valence-corrected chi connectivity index (χ4v) is 2.31. The zero-order valence-corrected chi connectivity index (χ0v) is 10.8. The van der Waals surface area contributed by atoms with Gasteiger partial charge in [0.1, 0.15) is 0 Å². The number of rotatable bonds is 5. The molecule has 0 amide bonds. The van der Waals surface area contributed by atoms with Crippen molar-refractivity contribution < 1.29 is 14.6 Å². The number of methoxy groups -OCH3 is 1. The van der Waals surface area contributed by atoms with Gasteiger partial charge in [-0.25, -0.2) is 0 Å². The molecule has 0 bridgehead atoms. The summed E-state index contributed by atoms with van der Waals surface area (Å²) < 4.78 is 11.3. The molecule has 18 heavy (non-hydrogen) atoms. The van der Waals surface area contributed by atoms with E-state index in [-0.39, 0.29) is 0 Å². The second-order valence-corrected chi connectivity index (χ2v) is 4.60. The highest BCUT2D eigenvalue weighted by molar-refractivity contribution is 5.43. The maximum atomic E-state index is 8.69. The molecule has 1 aliphatic carbocycles. The molecule has 0 spiro atoms. The number of benzene rings is 1. The molecule has 0 aromatic heterocycles. The predicted octanol–water partition coefficient (Wildman–Crippen LogP) is 3.63. The molecule has 1 aromatic carbocycles. The SMILES string of the molecule is COc1ccc(C/C=C/O)cc1OC1CCCC1. The Morgan fingerprint density at radius 1 is 1.28 bits per heavy atom. The molecule has 1 N–H and O–H groups in total. The Bertz CT molecular complexity index is 406. The maximum absolute atomic E-state index is 8.69. The first kappa shape index (κ1) is 12.8. The quantitative estimate of drug-likeness (QED) is 0.809. The normalized spacial score (nSPS) is 16.3. The molecular formula is C15H20O3. The van der Waals surface area contributed by atoms with Gasteiger partial charge >= 0.3 is 0 Å². The number of ether oxygens (including phenoxy) is 2. The summed E-state index contributed by atoms with van der Waals surface area (Å²) >= 11 is 0. The van der Waals surface area contributed by atoms with Crippen LogP contribution in [0.15, 0.2) is 30.5 Å². The van der Waals surface area contributed by atoms with E-state index in [0.29, 0.717) is 12.5 Å². The average Bonchev–Trinajstić information content (AvgIpc) is 2.89. The van der Waals surface area contributed by atoms with Crippen LogP contribution in [0.25, 0.3) is 0 Å². The van der Waals surface area contributed by atoms with Gasteiger partial charge in [0.15, 0.2) is 11.5 Å². The maximum Gasteiger partial charge on any atom is 0.161 e. The van der Waals surface area contributed by atoms with Crippen molar-refractivity contribution in [1.29, 1.82) is 0 Å². The van der Waals surface area contributed by atoms with E-state index < -0.39 is 0 Å². The minimum Gasteiger partial charge on any atom is -0.516 e. The minimum absolute atomic E-state index is 0.322. The average molecular weight is 248 g/mol. The summed E-state index contributed by atoms with van der Waals surface area (Å²) in [6, 6.07) is 5.91. The topological polar surface area (TPSA) is 38.7 Å². The molecule has 0 atom stereocenters. The van der Waals surface area contributed by atoms with Crippen LogP contribution in [0.5, 0.6) is 11.5 Å². The van der Waals surface area contributed by atoms with Crippen LogP contribution in [0.2, 0.25) is 0 Å². The van der Waals surface area contributed by atoms with Crippen LogP contribution < -0.4 is 9.47 Å². The molecule has 2 rings (SSSR count). The van der Waals surface area contributed by atoms with Gasteiger partial charge in [-0.05, 0) is 55.9 Å². The van der Waals surface area contributed by atoms with Crippen LogP contribution in [0.4, 0.5) is 0 Å². The number of aliphatic hydroxyl groups excluding tert-OH is 1. The molecule has 0 unspecified atom stereocenters. The van der Waals surface area contributed by atoms with Crippen molar-refractivity contribution in [3.8, 4) is 11.5 Å². The van der Waals surface area contributed by atoms with Crippen molar-refractivity contribution in [2.45, 2.75) is 38.2 Å². The monoisotopic (exact) mass is 248 g/mol. The van der Waals surface area contributed by atoms with Crippen molar-refractivity contribution in [3.05, 3.63) is 36.1 Å². The summed E-state index contributed by atoms with van der Waals surface area (Å²) in [4.78, 5) is 0. The Kier molecular flexibility index (Phi) is 4.51. The summed E-state index contributed by atoms with van der Waals surface area (Å²) in [6.45, 7) is 0. The van der Waals surface area contributed by atoms with E-state index in [1.54, 1.807) is 13.2 Å². The van der Waals surface area contributed by atoms with Crippen molar-refractivity contribution in [2.24, 2.45) is 0 Å². The van der Waals surface area contributed by atoms with Crippen molar-refractivity contribution in [3.63, 3.8) is 0 Å². The van der Waals surface area contributed by atoms with Gasteiger partial charge in [-0.2, -0.15) is 0 Å². The van der Waals surface area contributed by atoms with Crippen molar-refractivity contribution >= 4 is 0 Å². The molecule has 0 radical (unpaired) electrons. The second-order valence-electron chi connectivity index (χ2n) is 4.60. The first-order chi connectivity index (χ1) is 8.83. The van der Waals surface area contributed by atoms with Crippen molar-refractivity contribution in [2.75, 3.05) is 7.11 Å². The molecule has 0 heterocycles. The van der Waals surface area contributed by atoms with Gasteiger partial charge in [0, 0.05) is 0 Å². The fourth-order valence-electron chi connectivity index (χ4n) is 2.31. The van der Waals surface area contributed by atoms with Gasteiger partial charge in [-0.3, -0.25) is 0 Å². The van der Waals surface area contributed by atoms with Crippen LogP contribution in [0.1, 0.15) is 31.2 Å². The van der Waals surface area contributed by atoms with Gasteiger partial charge in [-0.15, -0.1) is 0 Å². The van der Waals surface area contributed by atoms with E-state index >= 15 is 0 Å². The van der Waals surface area contributed by atoms with Crippen LogP contribution in [-0.2, 0) is 6.42 Å². The van der Waals surface area contributed by atoms with Crippen LogP contribution in [0.3, 0.4) is 0 Å². The first-order valence-electron chi connectivity index (χ1n) is 6.46. The van der Waals surface area contributed by atoms with Crippen LogP contribution >= 0.6 is 0 Å². The summed E-state index contributed by atoms with van der Waals surface area (Å²) in [5.74, 6) is 1.59. The molecule has 1 aliphatic rings. The highest BCUT2D eigenvalue weighted by Crippen LogP contribution is 2.32. The van der Waals surface area contributed by atoms with Crippen molar-refractivity contribution in [1.82, 2.24) is 0 Å². The Hall–Kier alpha value is -1.64. The summed E-state index contributed by atoms with van der Waals surface area (Å²) in [5.41, 5.74) is 1.11. The third kappa shape index (κ3) is 3.19. The molecule has 3 nitrogen and oxygen atoms in total. The van der Waals surface area contributed by atoms with Gasteiger partial charge in [0.05, 0.1) is 19.5 Å². The number of aliphatic hydroxyl groups is 1. The molecule has 1 fully saturated rings. The van der Waals surface area contributed by atoms with E-state index in [1.807, 2.05) is 18.2 Å². The zero-order valence-electron chi connectivity index (χ0n) is 10.8. The fraction of sp³-hybridized carbons (Fsp3) is 0.467. The Labute approximate surface area is 108 Å². The molecule has 1 saturated carbocycles. The standard InChI is InChI=1S/C15H20O3/c1-17-14-9-8-12(5-4-10-16)11-15(14)18-13-6-2-3-7-13/h4,8-11,13,16H,2-3,5-7H2,1H3/b10-4+. The van der Waals surface area contributed by atoms with Gasteiger partial charge in [0.25, 0.3) is 0 Å². The molecule has 98 valence electrons.